The Morgan fingerprint density at radius 3 is 2.25 bits per heavy atom. The van der Waals surface area contributed by atoms with Gasteiger partial charge in [0.1, 0.15) is 0 Å². The van der Waals surface area contributed by atoms with E-state index >= 15 is 0 Å². The van der Waals surface area contributed by atoms with Crippen LogP contribution in [0.15, 0.2) is 24.3 Å². The van der Waals surface area contributed by atoms with Gasteiger partial charge in [0.2, 0.25) is 5.91 Å². The summed E-state index contributed by atoms with van der Waals surface area (Å²) >= 11 is 0. The molecule has 1 aliphatic heterocycles. The van der Waals surface area contributed by atoms with Crippen LogP contribution in [0, 0.1) is 5.92 Å². The molecule has 0 radical (unpaired) electrons. The minimum atomic E-state index is -0.0614. The molecule has 1 unspecified atom stereocenters. The minimum absolute atomic E-state index is 0.0614. The van der Waals surface area contributed by atoms with E-state index in [0.717, 1.165) is 57.7 Å². The van der Waals surface area contributed by atoms with E-state index in [4.69, 9.17) is 5.73 Å². The second kappa shape index (κ2) is 9.19. The Morgan fingerprint density at radius 2 is 1.71 bits per heavy atom. The summed E-state index contributed by atoms with van der Waals surface area (Å²) in [5, 5.41) is 0. The highest BCUT2D eigenvalue weighted by atomic mass is 16.2. The molecular formula is C20H33N3O. The first kappa shape index (κ1) is 18.9. The number of carbonyl (C=O) groups excluding carboxylic acids is 1. The number of rotatable bonds is 7. The third-order valence-corrected chi connectivity index (χ3v) is 4.86. The van der Waals surface area contributed by atoms with Crippen LogP contribution in [0.1, 0.15) is 44.2 Å². The first-order chi connectivity index (χ1) is 11.5. The van der Waals surface area contributed by atoms with Crippen molar-refractivity contribution in [2.75, 3.05) is 39.3 Å². The summed E-state index contributed by atoms with van der Waals surface area (Å²) in [7, 11) is 0. The number of hydrogen-bond acceptors (Lipinski definition) is 3. The largest absolute Gasteiger partial charge is 0.340 e. The van der Waals surface area contributed by atoms with Crippen LogP contribution in [-0.2, 0) is 11.2 Å². The highest BCUT2D eigenvalue weighted by Crippen LogP contribution is 2.20. The number of hydrogen-bond donors (Lipinski definition) is 1. The van der Waals surface area contributed by atoms with Crippen LogP contribution in [0.25, 0.3) is 0 Å². The van der Waals surface area contributed by atoms with Crippen molar-refractivity contribution in [2.45, 2.75) is 39.5 Å². The van der Waals surface area contributed by atoms with Gasteiger partial charge in [-0.3, -0.25) is 9.69 Å². The van der Waals surface area contributed by atoms with E-state index in [0.29, 0.717) is 5.92 Å². The van der Waals surface area contributed by atoms with Gasteiger partial charge in [-0.1, -0.05) is 38.1 Å². The van der Waals surface area contributed by atoms with Crippen LogP contribution in [0.3, 0.4) is 0 Å². The fourth-order valence-electron chi connectivity index (χ4n) is 3.34. The van der Waals surface area contributed by atoms with Gasteiger partial charge in [0.05, 0.1) is 5.92 Å². The van der Waals surface area contributed by atoms with Crippen LogP contribution >= 0.6 is 0 Å². The fraction of sp³-hybridized carbons (Fsp3) is 0.650. The van der Waals surface area contributed by atoms with E-state index in [1.54, 1.807) is 0 Å². The Kier molecular flexibility index (Phi) is 7.25. The van der Waals surface area contributed by atoms with Gasteiger partial charge in [-0.25, -0.2) is 0 Å². The van der Waals surface area contributed by atoms with Crippen molar-refractivity contribution in [1.29, 1.82) is 0 Å². The van der Waals surface area contributed by atoms with Crippen LogP contribution in [0.5, 0.6) is 0 Å². The van der Waals surface area contributed by atoms with Crippen molar-refractivity contribution in [3.63, 3.8) is 0 Å². The fourth-order valence-corrected chi connectivity index (χ4v) is 3.34. The van der Waals surface area contributed by atoms with Crippen molar-refractivity contribution in [3.05, 3.63) is 35.4 Å². The molecule has 0 spiro atoms. The van der Waals surface area contributed by atoms with Gasteiger partial charge >= 0.3 is 0 Å². The zero-order valence-corrected chi connectivity index (χ0v) is 15.5. The molecule has 2 N–H and O–H groups in total. The SMILES string of the molecule is CC(C)Cc1ccc(C(C)C(=O)N2CCN(CCCN)CC2)cc1. The van der Waals surface area contributed by atoms with Gasteiger partial charge in [-0.05, 0) is 49.9 Å². The van der Waals surface area contributed by atoms with E-state index in [1.165, 1.54) is 5.56 Å². The first-order valence-electron chi connectivity index (χ1n) is 9.31. The highest BCUT2D eigenvalue weighted by Gasteiger charge is 2.25. The molecule has 4 heteroatoms. The van der Waals surface area contributed by atoms with Gasteiger partial charge in [-0.2, -0.15) is 0 Å². The summed E-state index contributed by atoms with van der Waals surface area (Å²) in [6, 6.07) is 8.59. The van der Waals surface area contributed by atoms with E-state index in [9.17, 15) is 4.79 Å². The number of benzene rings is 1. The number of amides is 1. The molecule has 0 bridgehead atoms. The van der Waals surface area contributed by atoms with Gasteiger partial charge < -0.3 is 10.6 Å². The molecule has 1 atom stereocenters. The summed E-state index contributed by atoms with van der Waals surface area (Å²) in [6.45, 7) is 11.9. The van der Waals surface area contributed by atoms with E-state index in [1.807, 2.05) is 11.8 Å². The van der Waals surface area contributed by atoms with Gasteiger partial charge in [-0.15, -0.1) is 0 Å². The molecule has 4 nitrogen and oxygen atoms in total. The Bertz CT molecular complexity index is 504. The molecule has 1 heterocycles. The average molecular weight is 332 g/mol. The predicted molar refractivity (Wildman–Crippen MR) is 100 cm³/mol. The molecule has 0 aliphatic carbocycles. The van der Waals surface area contributed by atoms with Gasteiger partial charge in [0.25, 0.3) is 0 Å². The zero-order valence-electron chi connectivity index (χ0n) is 15.5. The minimum Gasteiger partial charge on any atom is -0.340 e. The molecular weight excluding hydrogens is 298 g/mol. The molecule has 0 aromatic heterocycles. The molecule has 1 aliphatic rings. The smallest absolute Gasteiger partial charge is 0.229 e. The zero-order chi connectivity index (χ0) is 17.5. The van der Waals surface area contributed by atoms with Crippen molar-refractivity contribution in [1.82, 2.24) is 9.80 Å². The summed E-state index contributed by atoms with van der Waals surface area (Å²) in [6.07, 6.45) is 2.13. The van der Waals surface area contributed by atoms with Crippen molar-refractivity contribution in [2.24, 2.45) is 11.7 Å². The standard InChI is InChI=1S/C20H33N3O/c1-16(2)15-18-5-7-19(8-6-18)17(3)20(24)23-13-11-22(12-14-23)10-4-9-21/h5-8,16-17H,4,9-15,21H2,1-3H3. The molecule has 1 aromatic carbocycles. The lowest BCUT2D eigenvalue weighted by Gasteiger charge is -2.36. The lowest BCUT2D eigenvalue weighted by atomic mass is 9.95. The van der Waals surface area contributed by atoms with Crippen molar-refractivity contribution < 1.29 is 4.79 Å². The third-order valence-electron chi connectivity index (χ3n) is 4.86. The average Bonchev–Trinajstić information content (AvgIpc) is 2.59. The summed E-state index contributed by atoms with van der Waals surface area (Å²) in [5.74, 6) is 0.851. The highest BCUT2D eigenvalue weighted by molar-refractivity contribution is 5.83. The van der Waals surface area contributed by atoms with Crippen molar-refractivity contribution >= 4 is 5.91 Å². The van der Waals surface area contributed by atoms with Gasteiger partial charge in [0, 0.05) is 26.2 Å². The number of nitrogens with two attached hydrogens (primary N) is 1. The first-order valence-corrected chi connectivity index (χ1v) is 9.31. The van der Waals surface area contributed by atoms with E-state index in [2.05, 4.69) is 43.0 Å². The predicted octanol–water partition coefficient (Wildman–Crippen LogP) is 2.48. The Hall–Kier alpha value is -1.39. The molecule has 1 saturated heterocycles. The molecule has 2 rings (SSSR count). The molecule has 24 heavy (non-hydrogen) atoms. The lowest BCUT2D eigenvalue weighted by Crippen LogP contribution is -2.50. The quantitative estimate of drug-likeness (QED) is 0.835. The van der Waals surface area contributed by atoms with Crippen LogP contribution in [-0.4, -0.2) is 55.0 Å². The molecule has 1 fully saturated rings. The third kappa shape index (κ3) is 5.32. The Labute approximate surface area is 147 Å². The maximum Gasteiger partial charge on any atom is 0.229 e. The summed E-state index contributed by atoms with van der Waals surface area (Å²) in [5.41, 5.74) is 8.04. The second-order valence-electron chi connectivity index (χ2n) is 7.37. The van der Waals surface area contributed by atoms with Gasteiger partial charge in [0.15, 0.2) is 0 Å². The van der Waals surface area contributed by atoms with Crippen LogP contribution in [0.4, 0.5) is 0 Å². The maximum absolute atomic E-state index is 12.8. The normalized spacial score (nSPS) is 17.3. The number of carbonyl (C=O) groups is 1. The maximum atomic E-state index is 12.8. The second-order valence-corrected chi connectivity index (χ2v) is 7.37. The Morgan fingerprint density at radius 1 is 1.08 bits per heavy atom. The molecule has 1 amide bonds. The molecule has 134 valence electrons. The van der Waals surface area contributed by atoms with E-state index < -0.39 is 0 Å². The van der Waals surface area contributed by atoms with Crippen LogP contribution in [0.2, 0.25) is 0 Å². The molecule has 0 saturated carbocycles. The monoisotopic (exact) mass is 331 g/mol. The van der Waals surface area contributed by atoms with Crippen molar-refractivity contribution in [3.8, 4) is 0 Å². The number of piperazine rings is 1. The molecule has 1 aromatic rings. The lowest BCUT2D eigenvalue weighted by molar-refractivity contribution is -0.134. The summed E-state index contributed by atoms with van der Waals surface area (Å²) in [4.78, 5) is 17.2. The topological polar surface area (TPSA) is 49.6 Å². The van der Waals surface area contributed by atoms with E-state index in [-0.39, 0.29) is 11.8 Å². The number of nitrogens with zero attached hydrogens (tertiary/aromatic N) is 2. The van der Waals surface area contributed by atoms with Crippen LogP contribution < -0.4 is 5.73 Å². The summed E-state index contributed by atoms with van der Waals surface area (Å²) < 4.78 is 0. The Balaban J connectivity index is 1.88.